The van der Waals surface area contributed by atoms with Crippen molar-refractivity contribution in [1.82, 2.24) is 4.90 Å². The van der Waals surface area contributed by atoms with Crippen LogP contribution in [0.4, 0.5) is 5.69 Å². The number of aryl methyl sites for hydroxylation is 1. The lowest BCUT2D eigenvalue weighted by Crippen LogP contribution is -2.48. The van der Waals surface area contributed by atoms with Crippen LogP contribution < -0.4 is 5.32 Å². The van der Waals surface area contributed by atoms with E-state index in [1.54, 1.807) is 40.5 Å². The molecule has 2 aromatic carbocycles. The molecule has 0 bridgehead atoms. The average Bonchev–Trinajstić information content (AvgIpc) is 3.39. The van der Waals surface area contributed by atoms with E-state index in [1.165, 1.54) is 12.1 Å². The highest BCUT2D eigenvalue weighted by atomic mass is 32.1. The quantitative estimate of drug-likeness (QED) is 0.349. The number of Topliss-reactive ketones (excluding diaryl/α,β-unsaturated/α-hetero) is 1. The second kappa shape index (κ2) is 11.7. The van der Waals surface area contributed by atoms with Crippen molar-refractivity contribution in [2.24, 2.45) is 0 Å². The third-order valence-electron chi connectivity index (χ3n) is 5.68. The Morgan fingerprint density at radius 1 is 1.06 bits per heavy atom. The Balaban J connectivity index is 1.25. The largest absolute Gasteiger partial charge is 0.454 e. The van der Waals surface area contributed by atoms with Crippen molar-refractivity contribution >= 4 is 40.6 Å². The van der Waals surface area contributed by atoms with E-state index in [0.29, 0.717) is 30.9 Å². The molecule has 8 nitrogen and oxygen atoms in total. The van der Waals surface area contributed by atoms with Crippen LogP contribution in [0.2, 0.25) is 0 Å². The number of amides is 2. The van der Waals surface area contributed by atoms with Gasteiger partial charge in [-0.2, -0.15) is 0 Å². The summed E-state index contributed by atoms with van der Waals surface area (Å²) in [5.74, 6) is -1.51. The van der Waals surface area contributed by atoms with E-state index in [9.17, 15) is 19.2 Å². The van der Waals surface area contributed by atoms with Gasteiger partial charge in [0.25, 0.3) is 5.91 Å². The number of nitrogens with one attached hydrogen (secondary N) is 1. The fraction of sp³-hybridized carbons (Fsp3) is 0.259. The van der Waals surface area contributed by atoms with E-state index < -0.39 is 12.1 Å². The van der Waals surface area contributed by atoms with Crippen LogP contribution in [-0.4, -0.2) is 54.3 Å². The molecule has 1 aliphatic heterocycles. The molecule has 9 heteroatoms. The molecular weight excluding hydrogens is 480 g/mol. The van der Waals surface area contributed by atoms with Gasteiger partial charge in [-0.15, -0.1) is 11.3 Å². The van der Waals surface area contributed by atoms with Crippen LogP contribution >= 0.6 is 11.3 Å². The van der Waals surface area contributed by atoms with Crippen LogP contribution in [0.15, 0.2) is 66.0 Å². The molecule has 1 atom stereocenters. The maximum Gasteiger partial charge on any atom is 0.338 e. The molecule has 1 saturated heterocycles. The van der Waals surface area contributed by atoms with Gasteiger partial charge in [0.2, 0.25) is 5.91 Å². The van der Waals surface area contributed by atoms with Gasteiger partial charge < -0.3 is 19.7 Å². The highest BCUT2D eigenvalue weighted by molar-refractivity contribution is 7.09. The van der Waals surface area contributed by atoms with Crippen molar-refractivity contribution in [3.8, 4) is 0 Å². The lowest BCUT2D eigenvalue weighted by Gasteiger charge is -2.32. The molecule has 0 spiro atoms. The van der Waals surface area contributed by atoms with Crippen molar-refractivity contribution in [3.05, 3.63) is 87.6 Å². The molecular formula is C27H26N2O6S. The topological polar surface area (TPSA) is 102 Å². The molecule has 2 heterocycles. The number of ketones is 1. The number of benzene rings is 2. The number of rotatable bonds is 9. The Kier molecular flexibility index (Phi) is 8.24. The van der Waals surface area contributed by atoms with Crippen LogP contribution in [-0.2, 0) is 25.6 Å². The minimum Gasteiger partial charge on any atom is -0.454 e. The summed E-state index contributed by atoms with van der Waals surface area (Å²) in [5.41, 5.74) is 2.22. The van der Waals surface area contributed by atoms with Crippen molar-refractivity contribution < 1.29 is 28.7 Å². The molecule has 1 unspecified atom stereocenters. The maximum absolute atomic E-state index is 12.7. The van der Waals surface area contributed by atoms with Crippen molar-refractivity contribution in [1.29, 1.82) is 0 Å². The van der Waals surface area contributed by atoms with Gasteiger partial charge in [0.15, 0.2) is 12.4 Å². The van der Waals surface area contributed by atoms with Gasteiger partial charge in [0, 0.05) is 22.7 Å². The standard InChI is InChI=1S/C27H26N2O6S/c1-18-4-6-19(7-5-18)23(30)17-35-27(33)20-8-10-21(11-9-20)28-25(31)15-24-26(32)29(12-13-34-24)16-22-3-2-14-36-22/h2-11,14,24H,12-13,15-17H2,1H3,(H,28,31). The molecule has 186 valence electrons. The molecule has 1 aromatic heterocycles. The van der Waals surface area contributed by atoms with Crippen LogP contribution in [0.1, 0.15) is 37.6 Å². The second-order valence-electron chi connectivity index (χ2n) is 8.39. The van der Waals surface area contributed by atoms with Gasteiger partial charge in [-0.1, -0.05) is 35.9 Å². The molecule has 1 fully saturated rings. The first kappa shape index (κ1) is 25.3. The lowest BCUT2D eigenvalue weighted by atomic mass is 10.1. The van der Waals surface area contributed by atoms with Gasteiger partial charge in [-0.3, -0.25) is 14.4 Å². The molecule has 0 radical (unpaired) electrons. The smallest absolute Gasteiger partial charge is 0.338 e. The molecule has 0 saturated carbocycles. The highest BCUT2D eigenvalue weighted by Gasteiger charge is 2.31. The highest BCUT2D eigenvalue weighted by Crippen LogP contribution is 2.18. The van der Waals surface area contributed by atoms with Crippen molar-refractivity contribution in [2.75, 3.05) is 25.1 Å². The van der Waals surface area contributed by atoms with E-state index in [-0.39, 0.29) is 36.2 Å². The summed E-state index contributed by atoms with van der Waals surface area (Å²) in [6, 6.07) is 17.0. The zero-order valence-electron chi connectivity index (χ0n) is 19.8. The number of thiophene rings is 1. The van der Waals surface area contributed by atoms with Gasteiger partial charge in [0.1, 0.15) is 6.10 Å². The number of esters is 1. The number of hydrogen-bond donors (Lipinski definition) is 1. The number of anilines is 1. The summed E-state index contributed by atoms with van der Waals surface area (Å²) in [7, 11) is 0. The number of carbonyl (C=O) groups is 4. The summed E-state index contributed by atoms with van der Waals surface area (Å²) in [4.78, 5) is 52.5. The summed E-state index contributed by atoms with van der Waals surface area (Å²) in [6.45, 7) is 2.93. The third-order valence-corrected chi connectivity index (χ3v) is 6.54. The first-order valence-corrected chi connectivity index (χ1v) is 12.4. The maximum atomic E-state index is 12.7. The van der Waals surface area contributed by atoms with E-state index in [4.69, 9.17) is 9.47 Å². The molecule has 0 aliphatic carbocycles. The van der Waals surface area contributed by atoms with Crippen molar-refractivity contribution in [2.45, 2.75) is 26.0 Å². The van der Waals surface area contributed by atoms with E-state index >= 15 is 0 Å². The monoisotopic (exact) mass is 506 g/mol. The number of carbonyl (C=O) groups excluding carboxylic acids is 4. The molecule has 2 amide bonds. The van der Waals surface area contributed by atoms with E-state index in [1.807, 2.05) is 36.6 Å². The SMILES string of the molecule is Cc1ccc(C(=O)COC(=O)c2ccc(NC(=O)CC3OCCN(Cc4cccs4)C3=O)cc2)cc1. The minimum absolute atomic E-state index is 0.106. The summed E-state index contributed by atoms with van der Waals surface area (Å²) < 4.78 is 10.7. The van der Waals surface area contributed by atoms with Gasteiger partial charge in [0.05, 0.1) is 25.1 Å². The van der Waals surface area contributed by atoms with Crippen LogP contribution in [0.25, 0.3) is 0 Å². The first-order chi connectivity index (χ1) is 17.4. The Labute approximate surface area is 212 Å². The van der Waals surface area contributed by atoms with Gasteiger partial charge >= 0.3 is 5.97 Å². The molecule has 3 aromatic rings. The fourth-order valence-corrected chi connectivity index (χ4v) is 4.41. The summed E-state index contributed by atoms with van der Waals surface area (Å²) in [5, 5.41) is 4.68. The lowest BCUT2D eigenvalue weighted by molar-refractivity contribution is -0.155. The predicted molar refractivity (Wildman–Crippen MR) is 135 cm³/mol. The Bertz CT molecular complexity index is 1220. The number of hydrogen-bond acceptors (Lipinski definition) is 7. The van der Waals surface area contributed by atoms with Crippen LogP contribution in [0.5, 0.6) is 0 Å². The second-order valence-corrected chi connectivity index (χ2v) is 9.43. The molecule has 36 heavy (non-hydrogen) atoms. The minimum atomic E-state index is -0.834. The zero-order valence-corrected chi connectivity index (χ0v) is 20.6. The predicted octanol–water partition coefficient (Wildman–Crippen LogP) is 3.85. The summed E-state index contributed by atoms with van der Waals surface area (Å²) in [6.07, 6.45) is -0.941. The Morgan fingerprint density at radius 2 is 1.78 bits per heavy atom. The van der Waals surface area contributed by atoms with Crippen molar-refractivity contribution in [3.63, 3.8) is 0 Å². The molecule has 1 aliphatic rings. The Morgan fingerprint density at radius 3 is 2.47 bits per heavy atom. The van der Waals surface area contributed by atoms with Crippen LogP contribution in [0.3, 0.4) is 0 Å². The number of ether oxygens (including phenoxy) is 2. The van der Waals surface area contributed by atoms with E-state index in [2.05, 4.69) is 5.32 Å². The Hall–Kier alpha value is -3.82. The summed E-state index contributed by atoms with van der Waals surface area (Å²) >= 11 is 1.58. The molecule has 1 N–H and O–H groups in total. The number of morpholine rings is 1. The molecule has 4 rings (SSSR count). The third kappa shape index (κ3) is 6.65. The first-order valence-electron chi connectivity index (χ1n) is 11.5. The van der Waals surface area contributed by atoms with Gasteiger partial charge in [-0.25, -0.2) is 4.79 Å². The normalized spacial score (nSPS) is 15.4. The number of nitrogens with zero attached hydrogens (tertiary/aromatic N) is 1. The van der Waals surface area contributed by atoms with Gasteiger partial charge in [-0.05, 0) is 42.6 Å². The fourth-order valence-electron chi connectivity index (χ4n) is 3.69. The zero-order chi connectivity index (χ0) is 25.5. The van der Waals surface area contributed by atoms with Crippen LogP contribution in [0, 0.1) is 6.92 Å². The van der Waals surface area contributed by atoms with E-state index in [0.717, 1.165) is 10.4 Å². The average molecular weight is 507 g/mol.